The summed E-state index contributed by atoms with van der Waals surface area (Å²) in [6.07, 6.45) is 1.50. The van der Waals surface area contributed by atoms with Gasteiger partial charge >= 0.3 is 0 Å². The van der Waals surface area contributed by atoms with Crippen LogP contribution in [0, 0.1) is 5.82 Å². The minimum Gasteiger partial charge on any atom is -0.337 e. The molecule has 1 aliphatic rings. The van der Waals surface area contributed by atoms with Crippen LogP contribution in [0.2, 0.25) is 0 Å². The largest absolute Gasteiger partial charge is 0.337 e. The molecule has 1 unspecified atom stereocenters. The normalized spacial score (nSPS) is 17.4. The number of halogens is 1. The number of aldehydes is 1. The van der Waals surface area contributed by atoms with Gasteiger partial charge in [-0.25, -0.2) is 4.39 Å². The van der Waals surface area contributed by atoms with E-state index in [9.17, 15) is 9.18 Å². The zero-order chi connectivity index (χ0) is 13.4. The first-order valence-electron chi connectivity index (χ1n) is 6.33. The second-order valence-corrected chi connectivity index (χ2v) is 4.84. The molecular formula is C16H14FNO. The molecule has 0 fully saturated rings. The molecule has 0 aliphatic carbocycles. The van der Waals surface area contributed by atoms with Crippen molar-refractivity contribution in [1.82, 2.24) is 0 Å². The maximum absolute atomic E-state index is 13.7. The molecule has 0 aromatic heterocycles. The standard InChI is InChI=1S/C16H14FNO/c1-11-9-12-5-2-3-7-15(12)18(11)16-8-4-6-14(17)13(16)10-19/h2-8,10-11H,9H2,1H3. The fourth-order valence-electron chi connectivity index (χ4n) is 2.79. The Bertz CT molecular complexity index is 638. The third-order valence-corrected chi connectivity index (χ3v) is 3.61. The highest BCUT2D eigenvalue weighted by atomic mass is 19.1. The van der Waals surface area contributed by atoms with Crippen LogP contribution in [0.5, 0.6) is 0 Å². The van der Waals surface area contributed by atoms with E-state index in [1.165, 1.54) is 11.6 Å². The average Bonchev–Trinajstić information content (AvgIpc) is 2.74. The Morgan fingerprint density at radius 1 is 1.16 bits per heavy atom. The van der Waals surface area contributed by atoms with Crippen LogP contribution in [0.15, 0.2) is 42.5 Å². The average molecular weight is 255 g/mol. The predicted molar refractivity (Wildman–Crippen MR) is 73.5 cm³/mol. The first-order chi connectivity index (χ1) is 9.22. The lowest BCUT2D eigenvalue weighted by atomic mass is 10.1. The summed E-state index contributed by atoms with van der Waals surface area (Å²) >= 11 is 0. The van der Waals surface area contributed by atoms with Crippen molar-refractivity contribution in [3.63, 3.8) is 0 Å². The molecule has 0 saturated carbocycles. The lowest BCUT2D eigenvalue weighted by Gasteiger charge is -2.26. The minimum atomic E-state index is -0.468. The second-order valence-electron chi connectivity index (χ2n) is 4.84. The lowest BCUT2D eigenvalue weighted by Crippen LogP contribution is -2.25. The minimum absolute atomic E-state index is 0.131. The number of hydrogen-bond donors (Lipinski definition) is 0. The summed E-state index contributed by atoms with van der Waals surface area (Å²) in [6.45, 7) is 2.08. The summed E-state index contributed by atoms with van der Waals surface area (Å²) in [5, 5.41) is 0. The van der Waals surface area contributed by atoms with Gasteiger partial charge in [0.05, 0.1) is 11.3 Å². The van der Waals surface area contributed by atoms with Gasteiger partial charge in [-0.2, -0.15) is 0 Å². The molecule has 1 atom stereocenters. The molecule has 0 radical (unpaired) electrons. The zero-order valence-corrected chi connectivity index (χ0v) is 10.6. The van der Waals surface area contributed by atoms with E-state index in [0.29, 0.717) is 12.0 Å². The van der Waals surface area contributed by atoms with Gasteiger partial charge in [0.25, 0.3) is 0 Å². The highest BCUT2D eigenvalue weighted by Gasteiger charge is 2.28. The molecule has 0 spiro atoms. The van der Waals surface area contributed by atoms with Crippen LogP contribution in [0.1, 0.15) is 22.8 Å². The molecule has 2 aromatic carbocycles. The van der Waals surface area contributed by atoms with Crippen LogP contribution in [0.4, 0.5) is 15.8 Å². The van der Waals surface area contributed by atoms with E-state index in [-0.39, 0.29) is 11.6 Å². The van der Waals surface area contributed by atoms with Gasteiger partial charge in [-0.05, 0) is 37.1 Å². The van der Waals surface area contributed by atoms with Gasteiger partial charge in [-0.15, -0.1) is 0 Å². The SMILES string of the molecule is CC1Cc2ccccc2N1c1cccc(F)c1C=O. The second kappa shape index (κ2) is 4.50. The van der Waals surface area contributed by atoms with E-state index in [0.717, 1.165) is 12.1 Å². The molecule has 1 aliphatic heterocycles. The monoisotopic (exact) mass is 255 g/mol. The van der Waals surface area contributed by atoms with Gasteiger partial charge in [0.1, 0.15) is 5.82 Å². The summed E-state index contributed by atoms with van der Waals surface area (Å²) in [7, 11) is 0. The summed E-state index contributed by atoms with van der Waals surface area (Å²) in [5.41, 5.74) is 3.07. The molecule has 19 heavy (non-hydrogen) atoms. The number of carbonyl (C=O) groups excluding carboxylic acids is 1. The van der Waals surface area contributed by atoms with Gasteiger partial charge in [0.2, 0.25) is 0 Å². The van der Waals surface area contributed by atoms with Crippen molar-refractivity contribution in [3.8, 4) is 0 Å². The number of anilines is 2. The van der Waals surface area contributed by atoms with Crippen molar-refractivity contribution < 1.29 is 9.18 Å². The Balaban J connectivity index is 2.18. The molecular weight excluding hydrogens is 241 g/mol. The molecule has 2 nitrogen and oxygen atoms in total. The maximum Gasteiger partial charge on any atom is 0.155 e. The number of fused-ring (bicyclic) bond motifs is 1. The molecule has 0 saturated heterocycles. The molecule has 3 rings (SSSR count). The molecule has 96 valence electrons. The van der Waals surface area contributed by atoms with Gasteiger partial charge in [-0.3, -0.25) is 4.79 Å². The van der Waals surface area contributed by atoms with E-state index in [1.807, 2.05) is 23.1 Å². The zero-order valence-electron chi connectivity index (χ0n) is 10.6. The fraction of sp³-hybridized carbons (Fsp3) is 0.188. The van der Waals surface area contributed by atoms with Gasteiger partial charge < -0.3 is 4.90 Å². The maximum atomic E-state index is 13.7. The van der Waals surface area contributed by atoms with E-state index in [1.54, 1.807) is 12.1 Å². The van der Waals surface area contributed by atoms with Gasteiger partial charge in [-0.1, -0.05) is 24.3 Å². The van der Waals surface area contributed by atoms with Gasteiger partial charge in [0.15, 0.2) is 6.29 Å². The number of hydrogen-bond acceptors (Lipinski definition) is 2. The quantitative estimate of drug-likeness (QED) is 0.762. The fourth-order valence-corrected chi connectivity index (χ4v) is 2.79. The van der Waals surface area contributed by atoms with Crippen LogP contribution >= 0.6 is 0 Å². The van der Waals surface area contributed by atoms with E-state index in [2.05, 4.69) is 13.0 Å². The third-order valence-electron chi connectivity index (χ3n) is 3.61. The topological polar surface area (TPSA) is 20.3 Å². The highest BCUT2D eigenvalue weighted by molar-refractivity contribution is 5.88. The predicted octanol–water partition coefficient (Wildman–Crippen LogP) is 3.72. The number of rotatable bonds is 2. The number of benzene rings is 2. The molecule has 0 bridgehead atoms. The van der Waals surface area contributed by atoms with Crippen molar-refractivity contribution in [1.29, 1.82) is 0 Å². The van der Waals surface area contributed by atoms with Crippen LogP contribution in [0.25, 0.3) is 0 Å². The Morgan fingerprint density at radius 2 is 1.89 bits per heavy atom. The first-order valence-corrected chi connectivity index (χ1v) is 6.33. The van der Waals surface area contributed by atoms with Crippen molar-refractivity contribution in [3.05, 3.63) is 59.4 Å². The van der Waals surface area contributed by atoms with Crippen molar-refractivity contribution >= 4 is 17.7 Å². The third kappa shape index (κ3) is 1.82. The molecule has 2 aromatic rings. The number of para-hydroxylation sites is 1. The van der Waals surface area contributed by atoms with Crippen LogP contribution in [0.3, 0.4) is 0 Å². The summed E-state index contributed by atoms with van der Waals surface area (Å²) in [6, 6.07) is 13.0. The van der Waals surface area contributed by atoms with Crippen LogP contribution < -0.4 is 4.90 Å². The Labute approximate surface area is 111 Å². The Hall–Kier alpha value is -2.16. The summed E-state index contributed by atoms with van der Waals surface area (Å²) < 4.78 is 13.7. The summed E-state index contributed by atoms with van der Waals surface area (Å²) in [5.74, 6) is -0.468. The molecule has 1 heterocycles. The van der Waals surface area contributed by atoms with Crippen molar-refractivity contribution in [2.75, 3.05) is 4.90 Å². The van der Waals surface area contributed by atoms with E-state index in [4.69, 9.17) is 0 Å². The van der Waals surface area contributed by atoms with Crippen molar-refractivity contribution in [2.45, 2.75) is 19.4 Å². The number of carbonyl (C=O) groups is 1. The lowest BCUT2D eigenvalue weighted by molar-refractivity contribution is 0.112. The van der Waals surface area contributed by atoms with E-state index >= 15 is 0 Å². The summed E-state index contributed by atoms with van der Waals surface area (Å²) in [4.78, 5) is 13.2. The van der Waals surface area contributed by atoms with Crippen LogP contribution in [-0.2, 0) is 6.42 Å². The smallest absolute Gasteiger partial charge is 0.155 e. The Morgan fingerprint density at radius 3 is 2.68 bits per heavy atom. The Kier molecular flexibility index (Phi) is 2.82. The van der Waals surface area contributed by atoms with Gasteiger partial charge in [0, 0.05) is 11.7 Å². The van der Waals surface area contributed by atoms with Crippen molar-refractivity contribution in [2.24, 2.45) is 0 Å². The molecule has 0 N–H and O–H groups in total. The first kappa shape index (κ1) is 11.9. The van der Waals surface area contributed by atoms with Crippen LogP contribution in [-0.4, -0.2) is 12.3 Å². The molecule has 0 amide bonds. The number of nitrogens with zero attached hydrogens (tertiary/aromatic N) is 1. The molecule has 3 heteroatoms. The highest BCUT2D eigenvalue weighted by Crippen LogP contribution is 2.39. The van der Waals surface area contributed by atoms with E-state index < -0.39 is 5.82 Å².